The van der Waals surface area contributed by atoms with E-state index in [0.717, 1.165) is 0 Å². The average Bonchev–Trinajstić information content (AvgIpc) is 2.15. The van der Waals surface area contributed by atoms with Crippen LogP contribution in [0.15, 0.2) is 43.0 Å². The number of hydrazine groups is 1. The molecule has 0 aliphatic heterocycles. The van der Waals surface area contributed by atoms with Gasteiger partial charge in [-0.05, 0) is 5.56 Å². The fourth-order valence-electron chi connectivity index (χ4n) is 1.20. The SMILES string of the molecule is C=CC(NN(C)C)c1ccccc1. The summed E-state index contributed by atoms with van der Waals surface area (Å²) in [5, 5.41) is 1.93. The highest BCUT2D eigenvalue weighted by molar-refractivity contribution is 5.21. The van der Waals surface area contributed by atoms with Gasteiger partial charge in [-0.2, -0.15) is 0 Å². The first-order chi connectivity index (χ1) is 6.24. The van der Waals surface area contributed by atoms with Gasteiger partial charge in [0, 0.05) is 14.1 Å². The maximum atomic E-state index is 3.80. The van der Waals surface area contributed by atoms with Gasteiger partial charge >= 0.3 is 0 Å². The van der Waals surface area contributed by atoms with Crippen molar-refractivity contribution in [2.24, 2.45) is 0 Å². The number of rotatable bonds is 4. The maximum absolute atomic E-state index is 3.80. The highest BCUT2D eigenvalue weighted by atomic mass is 15.5. The van der Waals surface area contributed by atoms with Crippen molar-refractivity contribution in [3.63, 3.8) is 0 Å². The summed E-state index contributed by atoms with van der Waals surface area (Å²) in [5.41, 5.74) is 4.49. The van der Waals surface area contributed by atoms with E-state index in [1.807, 2.05) is 43.4 Å². The number of nitrogens with zero attached hydrogens (tertiary/aromatic N) is 1. The fourth-order valence-corrected chi connectivity index (χ4v) is 1.20. The summed E-state index contributed by atoms with van der Waals surface area (Å²) in [5.74, 6) is 0. The quantitative estimate of drug-likeness (QED) is 0.557. The van der Waals surface area contributed by atoms with E-state index >= 15 is 0 Å². The molecule has 0 aromatic heterocycles. The van der Waals surface area contributed by atoms with Gasteiger partial charge in [-0.1, -0.05) is 36.4 Å². The van der Waals surface area contributed by atoms with E-state index < -0.39 is 0 Å². The Morgan fingerprint density at radius 2 is 1.92 bits per heavy atom. The molecule has 0 amide bonds. The third-order valence-corrected chi connectivity index (χ3v) is 1.79. The van der Waals surface area contributed by atoms with Crippen LogP contribution in [-0.2, 0) is 0 Å². The van der Waals surface area contributed by atoms with Crippen LogP contribution < -0.4 is 5.43 Å². The molecular weight excluding hydrogens is 160 g/mol. The molecule has 0 bridgehead atoms. The Morgan fingerprint density at radius 1 is 1.31 bits per heavy atom. The Hall–Kier alpha value is -1.12. The summed E-state index contributed by atoms with van der Waals surface area (Å²) in [6, 6.07) is 10.4. The van der Waals surface area contributed by atoms with E-state index in [2.05, 4.69) is 24.1 Å². The van der Waals surface area contributed by atoms with Crippen LogP contribution in [0, 0.1) is 0 Å². The summed E-state index contributed by atoms with van der Waals surface area (Å²) in [6.07, 6.45) is 1.90. The van der Waals surface area contributed by atoms with E-state index in [1.165, 1.54) is 5.56 Å². The molecule has 2 nitrogen and oxygen atoms in total. The lowest BCUT2D eigenvalue weighted by molar-refractivity contribution is 0.265. The average molecular weight is 176 g/mol. The molecule has 0 spiro atoms. The zero-order valence-electron chi connectivity index (χ0n) is 8.20. The van der Waals surface area contributed by atoms with Crippen molar-refractivity contribution < 1.29 is 0 Å². The predicted molar refractivity (Wildman–Crippen MR) is 56.2 cm³/mol. The molecule has 0 saturated heterocycles. The highest BCUT2D eigenvalue weighted by Gasteiger charge is 2.05. The molecule has 0 aliphatic carbocycles. The molecule has 0 aliphatic rings. The molecule has 13 heavy (non-hydrogen) atoms. The Bertz CT molecular complexity index is 254. The molecule has 1 N–H and O–H groups in total. The Balaban J connectivity index is 2.73. The molecule has 2 heteroatoms. The molecule has 1 rings (SSSR count). The Kier molecular flexibility index (Phi) is 3.68. The Morgan fingerprint density at radius 3 is 2.38 bits per heavy atom. The lowest BCUT2D eigenvalue weighted by Crippen LogP contribution is -2.33. The van der Waals surface area contributed by atoms with Gasteiger partial charge in [-0.3, -0.25) is 0 Å². The number of nitrogens with one attached hydrogen (secondary N) is 1. The molecule has 0 radical (unpaired) electrons. The topological polar surface area (TPSA) is 15.3 Å². The summed E-state index contributed by atoms with van der Waals surface area (Å²) >= 11 is 0. The van der Waals surface area contributed by atoms with Gasteiger partial charge in [-0.25, -0.2) is 10.4 Å². The predicted octanol–water partition coefficient (Wildman–Crippen LogP) is 1.98. The number of hydrogen-bond acceptors (Lipinski definition) is 2. The second-order valence-corrected chi connectivity index (χ2v) is 3.15. The first kappa shape index (κ1) is 9.96. The minimum absolute atomic E-state index is 0.191. The lowest BCUT2D eigenvalue weighted by Gasteiger charge is -2.20. The third-order valence-electron chi connectivity index (χ3n) is 1.79. The smallest absolute Gasteiger partial charge is 0.0642 e. The van der Waals surface area contributed by atoms with Crippen LogP contribution in [-0.4, -0.2) is 19.1 Å². The second kappa shape index (κ2) is 4.80. The first-order valence-corrected chi connectivity index (χ1v) is 4.35. The second-order valence-electron chi connectivity index (χ2n) is 3.15. The van der Waals surface area contributed by atoms with Crippen LogP contribution in [0.3, 0.4) is 0 Å². The van der Waals surface area contributed by atoms with Gasteiger partial charge in [0.1, 0.15) is 0 Å². The van der Waals surface area contributed by atoms with E-state index in [0.29, 0.717) is 0 Å². The van der Waals surface area contributed by atoms with Crippen LogP contribution in [0.4, 0.5) is 0 Å². The zero-order valence-corrected chi connectivity index (χ0v) is 8.20. The molecule has 1 aromatic rings. The summed E-state index contributed by atoms with van der Waals surface area (Å²) in [4.78, 5) is 0. The minimum Gasteiger partial charge on any atom is -0.250 e. The molecule has 1 unspecified atom stereocenters. The molecule has 0 heterocycles. The summed E-state index contributed by atoms with van der Waals surface area (Å²) in [7, 11) is 3.94. The van der Waals surface area contributed by atoms with Crippen LogP contribution in [0.1, 0.15) is 11.6 Å². The van der Waals surface area contributed by atoms with Gasteiger partial charge in [-0.15, -0.1) is 6.58 Å². The fraction of sp³-hybridized carbons (Fsp3) is 0.273. The van der Waals surface area contributed by atoms with E-state index in [4.69, 9.17) is 0 Å². The number of hydrogen-bond donors (Lipinski definition) is 1. The van der Waals surface area contributed by atoms with Crippen LogP contribution in [0.25, 0.3) is 0 Å². The van der Waals surface area contributed by atoms with Crippen LogP contribution in [0.2, 0.25) is 0 Å². The normalized spacial score (nSPS) is 12.8. The molecule has 70 valence electrons. The van der Waals surface area contributed by atoms with Crippen molar-refractivity contribution in [2.45, 2.75) is 6.04 Å². The first-order valence-electron chi connectivity index (χ1n) is 4.35. The lowest BCUT2D eigenvalue weighted by atomic mass is 10.1. The highest BCUT2D eigenvalue weighted by Crippen LogP contribution is 2.12. The van der Waals surface area contributed by atoms with Crippen LogP contribution in [0.5, 0.6) is 0 Å². The van der Waals surface area contributed by atoms with Crippen molar-refractivity contribution in [1.82, 2.24) is 10.4 Å². The van der Waals surface area contributed by atoms with Crippen molar-refractivity contribution in [3.05, 3.63) is 48.6 Å². The van der Waals surface area contributed by atoms with Crippen molar-refractivity contribution >= 4 is 0 Å². The largest absolute Gasteiger partial charge is 0.250 e. The molecule has 0 saturated carbocycles. The van der Waals surface area contributed by atoms with Gasteiger partial charge in [0.25, 0.3) is 0 Å². The van der Waals surface area contributed by atoms with Crippen LogP contribution >= 0.6 is 0 Å². The zero-order chi connectivity index (χ0) is 9.68. The summed E-state index contributed by atoms with van der Waals surface area (Å²) in [6.45, 7) is 3.80. The maximum Gasteiger partial charge on any atom is 0.0642 e. The van der Waals surface area contributed by atoms with Gasteiger partial charge in [0.2, 0.25) is 0 Å². The van der Waals surface area contributed by atoms with Gasteiger partial charge in [0.15, 0.2) is 0 Å². The van der Waals surface area contributed by atoms with E-state index in [-0.39, 0.29) is 6.04 Å². The van der Waals surface area contributed by atoms with Crippen molar-refractivity contribution in [1.29, 1.82) is 0 Å². The van der Waals surface area contributed by atoms with Crippen molar-refractivity contribution in [2.75, 3.05) is 14.1 Å². The summed E-state index contributed by atoms with van der Waals surface area (Å²) < 4.78 is 0. The third kappa shape index (κ3) is 3.01. The van der Waals surface area contributed by atoms with E-state index in [1.54, 1.807) is 0 Å². The monoisotopic (exact) mass is 176 g/mol. The minimum atomic E-state index is 0.191. The van der Waals surface area contributed by atoms with Gasteiger partial charge < -0.3 is 0 Å². The van der Waals surface area contributed by atoms with E-state index in [9.17, 15) is 0 Å². The standard InChI is InChI=1S/C11H16N2/c1-4-11(12-13(2)3)10-8-6-5-7-9-10/h4-9,11-12H,1H2,2-3H3. The number of benzene rings is 1. The molecule has 1 aromatic carbocycles. The molecule has 0 fully saturated rings. The molecule has 1 atom stereocenters. The molecular formula is C11H16N2. The van der Waals surface area contributed by atoms with Gasteiger partial charge in [0.05, 0.1) is 6.04 Å². The Labute approximate surface area is 79.8 Å². The van der Waals surface area contributed by atoms with Crippen molar-refractivity contribution in [3.8, 4) is 0 Å².